The van der Waals surface area contributed by atoms with E-state index in [1.807, 2.05) is 13.8 Å². The molecule has 1 rings (SSSR count). The number of ether oxygens (including phenoxy) is 1. The number of hydrogen-bond donors (Lipinski definition) is 0. The number of nitrogens with zero attached hydrogens (tertiary/aromatic N) is 2. The lowest BCUT2D eigenvalue weighted by molar-refractivity contribution is -0.147. The van der Waals surface area contributed by atoms with Gasteiger partial charge in [-0.15, -0.1) is 0 Å². The molecule has 1 aliphatic rings. The molecule has 0 N–H and O–H groups in total. The molecule has 0 aromatic carbocycles. The summed E-state index contributed by atoms with van der Waals surface area (Å²) in [6.07, 6.45) is 1.39. The van der Waals surface area contributed by atoms with Crippen molar-refractivity contribution in [2.75, 3.05) is 20.3 Å². The van der Waals surface area contributed by atoms with E-state index in [2.05, 4.69) is 13.0 Å². The monoisotopic (exact) mass is 238 g/mol. The predicted octanol–water partition coefficient (Wildman–Crippen LogP) is 1.81. The first-order chi connectivity index (χ1) is 7.96. The molecule has 4 nitrogen and oxygen atoms in total. The molecule has 0 bridgehead atoms. The van der Waals surface area contributed by atoms with Gasteiger partial charge in [-0.2, -0.15) is 5.26 Å². The van der Waals surface area contributed by atoms with Gasteiger partial charge in [-0.05, 0) is 32.6 Å². The van der Waals surface area contributed by atoms with E-state index in [9.17, 15) is 10.1 Å². The Labute approximate surface area is 104 Å². The number of amides is 1. The van der Waals surface area contributed by atoms with Crippen LogP contribution in [0.1, 0.15) is 33.6 Å². The first-order valence-electron chi connectivity index (χ1n) is 6.18. The van der Waals surface area contributed by atoms with Crippen LogP contribution in [0.4, 0.5) is 0 Å². The summed E-state index contributed by atoms with van der Waals surface area (Å²) < 4.78 is 5.01. The van der Waals surface area contributed by atoms with Crippen LogP contribution in [-0.2, 0) is 9.53 Å². The van der Waals surface area contributed by atoms with Gasteiger partial charge in [-0.25, -0.2) is 0 Å². The summed E-state index contributed by atoms with van der Waals surface area (Å²) >= 11 is 0. The second-order valence-electron chi connectivity index (χ2n) is 5.29. The molecule has 0 spiro atoms. The lowest BCUT2D eigenvalue weighted by Crippen LogP contribution is -2.52. The van der Waals surface area contributed by atoms with Gasteiger partial charge in [-0.3, -0.25) is 4.79 Å². The van der Waals surface area contributed by atoms with E-state index in [1.165, 1.54) is 0 Å². The van der Waals surface area contributed by atoms with Crippen LogP contribution in [0.2, 0.25) is 0 Å². The molecule has 17 heavy (non-hydrogen) atoms. The van der Waals surface area contributed by atoms with Crippen LogP contribution in [0.15, 0.2) is 0 Å². The van der Waals surface area contributed by atoms with E-state index in [1.54, 1.807) is 12.0 Å². The van der Waals surface area contributed by atoms with Gasteiger partial charge in [0.05, 0.1) is 12.7 Å². The lowest BCUT2D eigenvalue weighted by atomic mass is 9.62. The molecule has 96 valence electrons. The number of nitriles is 1. The molecule has 0 saturated heterocycles. The molecule has 0 aromatic heterocycles. The minimum Gasteiger partial charge on any atom is -0.383 e. The molecule has 1 fully saturated rings. The predicted molar refractivity (Wildman–Crippen MR) is 65.2 cm³/mol. The Bertz CT molecular complexity index is 314. The van der Waals surface area contributed by atoms with Gasteiger partial charge in [0.2, 0.25) is 5.91 Å². The van der Waals surface area contributed by atoms with Crippen LogP contribution in [0.5, 0.6) is 0 Å². The van der Waals surface area contributed by atoms with Crippen LogP contribution in [-0.4, -0.2) is 37.1 Å². The van der Waals surface area contributed by atoms with Crippen LogP contribution >= 0.6 is 0 Å². The van der Waals surface area contributed by atoms with Gasteiger partial charge in [0.15, 0.2) is 0 Å². The average molecular weight is 238 g/mol. The van der Waals surface area contributed by atoms with E-state index in [0.29, 0.717) is 31.9 Å². The summed E-state index contributed by atoms with van der Waals surface area (Å²) in [4.78, 5) is 14.2. The highest BCUT2D eigenvalue weighted by atomic mass is 16.5. The second kappa shape index (κ2) is 5.50. The molecule has 0 heterocycles. The molecular weight excluding hydrogens is 216 g/mol. The molecule has 0 aromatic rings. The van der Waals surface area contributed by atoms with Crippen molar-refractivity contribution in [1.29, 1.82) is 5.26 Å². The fourth-order valence-electron chi connectivity index (χ4n) is 2.50. The third kappa shape index (κ3) is 2.78. The Morgan fingerprint density at radius 3 is 2.53 bits per heavy atom. The second-order valence-corrected chi connectivity index (χ2v) is 5.29. The fourth-order valence-corrected chi connectivity index (χ4v) is 2.50. The zero-order valence-electron chi connectivity index (χ0n) is 11.2. The van der Waals surface area contributed by atoms with Gasteiger partial charge in [0.1, 0.15) is 5.41 Å². The zero-order valence-corrected chi connectivity index (χ0v) is 11.2. The summed E-state index contributed by atoms with van der Waals surface area (Å²) in [7, 11) is 1.62. The summed E-state index contributed by atoms with van der Waals surface area (Å²) in [5.41, 5.74) is -0.766. The molecule has 0 aliphatic heterocycles. The standard InChI is InChI=1S/C13H22N2O2/c1-10(2)15(5-6-17-4)12(16)13(9-14)7-11(3)8-13/h10-11H,5-8H2,1-4H3. The minimum atomic E-state index is -0.766. The highest BCUT2D eigenvalue weighted by molar-refractivity contribution is 5.86. The van der Waals surface area contributed by atoms with Crippen LogP contribution in [0.3, 0.4) is 0 Å². The van der Waals surface area contributed by atoms with Gasteiger partial charge >= 0.3 is 0 Å². The largest absolute Gasteiger partial charge is 0.383 e. The zero-order chi connectivity index (χ0) is 13.1. The molecule has 0 radical (unpaired) electrons. The Morgan fingerprint density at radius 2 is 2.18 bits per heavy atom. The van der Waals surface area contributed by atoms with Crippen molar-refractivity contribution in [2.45, 2.75) is 39.7 Å². The highest BCUT2D eigenvalue weighted by Gasteiger charge is 2.50. The van der Waals surface area contributed by atoms with Crippen LogP contribution in [0.25, 0.3) is 0 Å². The maximum Gasteiger partial charge on any atom is 0.243 e. The van der Waals surface area contributed by atoms with Crippen LogP contribution in [0, 0.1) is 22.7 Å². The van der Waals surface area contributed by atoms with Crippen molar-refractivity contribution in [3.05, 3.63) is 0 Å². The highest BCUT2D eigenvalue weighted by Crippen LogP contribution is 2.46. The quantitative estimate of drug-likeness (QED) is 0.734. The summed E-state index contributed by atoms with van der Waals surface area (Å²) in [6, 6.07) is 2.33. The van der Waals surface area contributed by atoms with Gasteiger partial charge in [-0.1, -0.05) is 6.92 Å². The van der Waals surface area contributed by atoms with E-state index < -0.39 is 5.41 Å². The van der Waals surface area contributed by atoms with Crippen molar-refractivity contribution in [2.24, 2.45) is 11.3 Å². The topological polar surface area (TPSA) is 53.3 Å². The smallest absolute Gasteiger partial charge is 0.243 e. The maximum absolute atomic E-state index is 12.4. The number of carbonyl (C=O) groups is 1. The van der Waals surface area contributed by atoms with Crippen molar-refractivity contribution in [3.63, 3.8) is 0 Å². The van der Waals surface area contributed by atoms with E-state index in [-0.39, 0.29) is 11.9 Å². The first-order valence-corrected chi connectivity index (χ1v) is 6.18. The third-order valence-corrected chi connectivity index (χ3v) is 3.44. The molecule has 0 unspecified atom stereocenters. The summed E-state index contributed by atoms with van der Waals surface area (Å²) in [6.45, 7) is 7.10. The van der Waals surface area contributed by atoms with Gasteiger partial charge in [0, 0.05) is 19.7 Å². The van der Waals surface area contributed by atoms with Crippen molar-refractivity contribution < 1.29 is 9.53 Å². The molecule has 1 aliphatic carbocycles. The van der Waals surface area contributed by atoms with E-state index in [4.69, 9.17) is 4.74 Å². The summed E-state index contributed by atoms with van der Waals surface area (Å²) in [5.74, 6) is 0.459. The SMILES string of the molecule is COCCN(C(=O)C1(C#N)CC(C)C1)C(C)C. The Kier molecular flexibility index (Phi) is 4.53. The molecule has 0 atom stereocenters. The average Bonchev–Trinajstić information content (AvgIpc) is 2.24. The van der Waals surface area contributed by atoms with E-state index in [0.717, 1.165) is 0 Å². The van der Waals surface area contributed by atoms with Gasteiger partial charge in [0.25, 0.3) is 0 Å². The van der Waals surface area contributed by atoms with Crippen molar-refractivity contribution >= 4 is 5.91 Å². The van der Waals surface area contributed by atoms with Crippen molar-refractivity contribution in [3.8, 4) is 6.07 Å². The number of methoxy groups -OCH3 is 1. The Balaban J connectivity index is 2.74. The van der Waals surface area contributed by atoms with Crippen molar-refractivity contribution in [1.82, 2.24) is 4.90 Å². The normalized spacial score (nSPS) is 27.4. The van der Waals surface area contributed by atoms with E-state index >= 15 is 0 Å². The number of rotatable bonds is 5. The first kappa shape index (κ1) is 14.0. The maximum atomic E-state index is 12.4. The third-order valence-electron chi connectivity index (χ3n) is 3.44. The fraction of sp³-hybridized carbons (Fsp3) is 0.846. The van der Waals surface area contributed by atoms with Gasteiger partial charge < -0.3 is 9.64 Å². The summed E-state index contributed by atoms with van der Waals surface area (Å²) in [5, 5.41) is 9.25. The Morgan fingerprint density at radius 1 is 1.59 bits per heavy atom. The molecule has 1 saturated carbocycles. The number of carbonyl (C=O) groups excluding carboxylic acids is 1. The number of hydrogen-bond acceptors (Lipinski definition) is 3. The molecule has 4 heteroatoms. The minimum absolute atomic E-state index is 0.0230. The lowest BCUT2D eigenvalue weighted by Gasteiger charge is -2.43. The molecule has 1 amide bonds. The molecular formula is C13H22N2O2. The Hall–Kier alpha value is -1.08. The van der Waals surface area contributed by atoms with Crippen LogP contribution < -0.4 is 0 Å².